The number of hydrogen-bond donors (Lipinski definition) is 2. The van der Waals surface area contributed by atoms with Gasteiger partial charge in [0.2, 0.25) is 0 Å². The van der Waals surface area contributed by atoms with Crippen LogP contribution in [0.25, 0.3) is 0 Å². The number of rotatable bonds is 5. The number of fused-ring (bicyclic) bond motifs is 1. The summed E-state index contributed by atoms with van der Waals surface area (Å²) < 4.78 is 0. The van der Waals surface area contributed by atoms with Crippen molar-refractivity contribution in [1.29, 1.82) is 0 Å². The summed E-state index contributed by atoms with van der Waals surface area (Å²) in [5, 5.41) is 19.6. The van der Waals surface area contributed by atoms with Crippen LogP contribution in [0.2, 0.25) is 0 Å². The first-order valence-electron chi connectivity index (χ1n) is 6.70. The second kappa shape index (κ2) is 5.32. The molecule has 0 aromatic heterocycles. The Morgan fingerprint density at radius 2 is 2.29 bits per heavy atom. The van der Waals surface area contributed by atoms with Crippen molar-refractivity contribution in [1.82, 2.24) is 0 Å². The molecule has 2 rings (SSSR count). The lowest BCUT2D eigenvalue weighted by Gasteiger charge is -2.31. The molecule has 96 valence electrons. The van der Waals surface area contributed by atoms with Gasteiger partial charge in [0.25, 0.3) is 0 Å². The SMILES string of the molecule is CCCCC(O)C=CC1C(O)C[C@@H]2C(=O)C[C@@H]12. The molecular formula is C14H22O3. The number of ketones is 1. The first-order valence-corrected chi connectivity index (χ1v) is 6.70. The third-order valence-electron chi connectivity index (χ3n) is 4.21. The van der Waals surface area contributed by atoms with Crippen LogP contribution in [0.1, 0.15) is 39.0 Å². The molecule has 0 aromatic rings. The van der Waals surface area contributed by atoms with Crippen LogP contribution < -0.4 is 0 Å². The number of Topliss-reactive ketones (excluding diaryl/α,β-unsaturated/α-hetero) is 1. The van der Waals surface area contributed by atoms with Crippen LogP contribution in [0.15, 0.2) is 12.2 Å². The first kappa shape index (κ1) is 12.8. The molecule has 0 bridgehead atoms. The molecule has 2 fully saturated rings. The van der Waals surface area contributed by atoms with Gasteiger partial charge in [-0.1, -0.05) is 31.9 Å². The highest BCUT2D eigenvalue weighted by molar-refractivity contribution is 5.88. The van der Waals surface area contributed by atoms with Gasteiger partial charge in [-0.15, -0.1) is 0 Å². The molecule has 0 aromatic carbocycles. The number of aliphatic hydroxyl groups is 2. The van der Waals surface area contributed by atoms with Gasteiger partial charge in [0.05, 0.1) is 12.2 Å². The predicted molar refractivity (Wildman–Crippen MR) is 65.4 cm³/mol. The molecule has 0 saturated heterocycles. The fraction of sp³-hybridized carbons (Fsp3) is 0.786. The van der Waals surface area contributed by atoms with Crippen LogP contribution in [0.5, 0.6) is 0 Å². The number of carbonyl (C=O) groups excluding carboxylic acids is 1. The van der Waals surface area contributed by atoms with E-state index >= 15 is 0 Å². The van der Waals surface area contributed by atoms with Crippen LogP contribution in [0.4, 0.5) is 0 Å². The van der Waals surface area contributed by atoms with Crippen molar-refractivity contribution in [3.8, 4) is 0 Å². The molecule has 3 heteroatoms. The van der Waals surface area contributed by atoms with Gasteiger partial charge < -0.3 is 10.2 Å². The van der Waals surface area contributed by atoms with Crippen molar-refractivity contribution < 1.29 is 15.0 Å². The van der Waals surface area contributed by atoms with E-state index in [-0.39, 0.29) is 11.8 Å². The monoisotopic (exact) mass is 238 g/mol. The third kappa shape index (κ3) is 2.61. The Labute approximate surface area is 103 Å². The lowest BCUT2D eigenvalue weighted by molar-refractivity contribution is -0.133. The van der Waals surface area contributed by atoms with E-state index in [1.54, 1.807) is 6.08 Å². The topological polar surface area (TPSA) is 57.5 Å². The van der Waals surface area contributed by atoms with Gasteiger partial charge in [0, 0.05) is 18.3 Å². The molecule has 17 heavy (non-hydrogen) atoms. The third-order valence-corrected chi connectivity index (χ3v) is 4.21. The van der Waals surface area contributed by atoms with Crippen molar-refractivity contribution in [2.75, 3.05) is 0 Å². The van der Waals surface area contributed by atoms with E-state index in [0.717, 1.165) is 19.3 Å². The Balaban J connectivity index is 1.86. The zero-order valence-corrected chi connectivity index (χ0v) is 10.4. The van der Waals surface area contributed by atoms with E-state index in [9.17, 15) is 15.0 Å². The Kier molecular flexibility index (Phi) is 4.00. The van der Waals surface area contributed by atoms with Gasteiger partial charge in [-0.05, 0) is 18.8 Å². The summed E-state index contributed by atoms with van der Waals surface area (Å²) >= 11 is 0. The Morgan fingerprint density at radius 3 is 2.88 bits per heavy atom. The number of aliphatic hydroxyl groups excluding tert-OH is 2. The zero-order valence-electron chi connectivity index (χ0n) is 10.4. The van der Waals surface area contributed by atoms with Gasteiger partial charge >= 0.3 is 0 Å². The van der Waals surface area contributed by atoms with Crippen molar-refractivity contribution >= 4 is 5.78 Å². The van der Waals surface area contributed by atoms with Crippen LogP contribution in [-0.2, 0) is 4.79 Å². The molecule has 0 heterocycles. The quantitative estimate of drug-likeness (QED) is 0.716. The molecule has 2 N–H and O–H groups in total. The molecule has 0 aliphatic heterocycles. The summed E-state index contributed by atoms with van der Waals surface area (Å²) in [6.07, 6.45) is 7.04. The number of hydrogen-bond acceptors (Lipinski definition) is 3. The minimum absolute atomic E-state index is 0.0778. The van der Waals surface area contributed by atoms with Gasteiger partial charge in [0.15, 0.2) is 0 Å². The lowest BCUT2D eigenvalue weighted by Crippen LogP contribution is -2.35. The molecule has 2 aliphatic rings. The van der Waals surface area contributed by atoms with Gasteiger partial charge in [-0.25, -0.2) is 0 Å². The fourth-order valence-electron chi connectivity index (χ4n) is 3.05. The summed E-state index contributed by atoms with van der Waals surface area (Å²) in [5.41, 5.74) is 0. The minimum Gasteiger partial charge on any atom is -0.392 e. The maximum atomic E-state index is 11.3. The Morgan fingerprint density at radius 1 is 1.53 bits per heavy atom. The molecule has 3 nitrogen and oxygen atoms in total. The van der Waals surface area contributed by atoms with Gasteiger partial charge in [-0.2, -0.15) is 0 Å². The highest BCUT2D eigenvalue weighted by Crippen LogP contribution is 2.48. The standard InChI is InChI=1S/C14H22O3/c1-2-3-4-9(15)5-6-10-11-7-14(17)12(11)8-13(10)16/h5-6,9-13,15-16H,2-4,7-8H2,1H3/t9?,10?,11-,12-,13?/m0/s1. The Hall–Kier alpha value is -0.670. The van der Waals surface area contributed by atoms with Crippen LogP contribution >= 0.6 is 0 Å². The fourth-order valence-corrected chi connectivity index (χ4v) is 3.05. The Bertz CT molecular complexity index is 311. The zero-order chi connectivity index (χ0) is 12.4. The van der Waals surface area contributed by atoms with Crippen molar-refractivity contribution in [2.24, 2.45) is 17.8 Å². The van der Waals surface area contributed by atoms with Crippen molar-refractivity contribution in [2.45, 2.75) is 51.2 Å². The van der Waals surface area contributed by atoms with E-state index in [0.29, 0.717) is 24.5 Å². The normalized spacial score (nSPS) is 38.2. The molecule has 0 amide bonds. The van der Waals surface area contributed by atoms with E-state index in [1.165, 1.54) is 0 Å². The molecule has 0 spiro atoms. The summed E-state index contributed by atoms with van der Waals surface area (Å²) in [6, 6.07) is 0. The van der Waals surface area contributed by atoms with E-state index < -0.39 is 12.2 Å². The molecule has 2 saturated carbocycles. The smallest absolute Gasteiger partial charge is 0.136 e. The predicted octanol–water partition coefficient (Wildman–Crippen LogP) is 1.68. The van der Waals surface area contributed by atoms with E-state index in [2.05, 4.69) is 6.92 Å². The highest BCUT2D eigenvalue weighted by Gasteiger charge is 2.51. The minimum atomic E-state index is -0.406. The molecule has 0 radical (unpaired) electrons. The number of carbonyl (C=O) groups is 1. The number of unbranched alkanes of at least 4 members (excludes halogenated alkanes) is 1. The van der Waals surface area contributed by atoms with Crippen LogP contribution in [0.3, 0.4) is 0 Å². The summed E-state index contributed by atoms with van der Waals surface area (Å²) in [7, 11) is 0. The summed E-state index contributed by atoms with van der Waals surface area (Å²) in [5.74, 6) is 0.796. The largest absolute Gasteiger partial charge is 0.392 e. The van der Waals surface area contributed by atoms with E-state index in [4.69, 9.17) is 0 Å². The van der Waals surface area contributed by atoms with Crippen molar-refractivity contribution in [3.63, 3.8) is 0 Å². The molecule has 2 aliphatic carbocycles. The molecule has 3 unspecified atom stereocenters. The second-order valence-corrected chi connectivity index (χ2v) is 5.42. The van der Waals surface area contributed by atoms with Gasteiger partial charge in [-0.3, -0.25) is 4.79 Å². The molecular weight excluding hydrogens is 216 g/mol. The summed E-state index contributed by atoms with van der Waals surface area (Å²) in [6.45, 7) is 2.10. The van der Waals surface area contributed by atoms with E-state index in [1.807, 2.05) is 6.08 Å². The average Bonchev–Trinajstić information content (AvgIpc) is 2.56. The van der Waals surface area contributed by atoms with Crippen molar-refractivity contribution in [3.05, 3.63) is 12.2 Å². The lowest BCUT2D eigenvalue weighted by atomic mass is 9.71. The maximum Gasteiger partial charge on any atom is 0.136 e. The van der Waals surface area contributed by atoms with Crippen LogP contribution in [-0.4, -0.2) is 28.2 Å². The summed E-state index contributed by atoms with van der Waals surface area (Å²) in [4.78, 5) is 11.3. The maximum absolute atomic E-state index is 11.3. The molecule has 5 atom stereocenters. The second-order valence-electron chi connectivity index (χ2n) is 5.42. The highest BCUT2D eigenvalue weighted by atomic mass is 16.3. The van der Waals surface area contributed by atoms with Crippen LogP contribution in [0, 0.1) is 17.8 Å². The first-order chi connectivity index (χ1) is 8.13. The average molecular weight is 238 g/mol. The van der Waals surface area contributed by atoms with Gasteiger partial charge in [0.1, 0.15) is 5.78 Å².